The van der Waals surface area contributed by atoms with Crippen LogP contribution in [0.15, 0.2) is 0 Å². The van der Waals surface area contributed by atoms with Gasteiger partial charge in [-0.15, -0.1) is 10.1 Å². The molecule has 2 N–H and O–H groups in total. The lowest BCUT2D eigenvalue weighted by atomic mass is 10.4. The van der Waals surface area contributed by atoms with E-state index in [1.165, 1.54) is 0 Å². The molecule has 2 aliphatic rings. The van der Waals surface area contributed by atoms with Crippen LogP contribution >= 0.6 is 0 Å². The zero-order valence-electron chi connectivity index (χ0n) is 11.1. The van der Waals surface area contributed by atoms with Gasteiger partial charge in [-0.1, -0.05) is 0 Å². The third-order valence-corrected chi connectivity index (χ3v) is 2.95. The molecular weight excluding hydrogens is 304 g/mol. The van der Waals surface area contributed by atoms with E-state index in [2.05, 4.69) is 9.68 Å². The molecule has 2 unspecified atom stereocenters. The molecule has 2 atom stereocenters. The second-order valence-corrected chi connectivity index (χ2v) is 4.54. The van der Waals surface area contributed by atoms with E-state index in [9.17, 15) is 34.2 Å². The molecule has 22 heavy (non-hydrogen) atoms. The number of amides is 3. The minimum atomic E-state index is -2.48. The molecule has 11 heteroatoms. The highest BCUT2D eigenvalue weighted by Gasteiger charge is 2.40. The van der Waals surface area contributed by atoms with Crippen molar-refractivity contribution < 1.29 is 43.9 Å². The molecule has 0 aromatic heterocycles. The van der Waals surface area contributed by atoms with Gasteiger partial charge in [-0.3, -0.25) is 14.4 Å². The van der Waals surface area contributed by atoms with E-state index in [-0.39, 0.29) is 30.7 Å². The van der Waals surface area contributed by atoms with E-state index in [1.54, 1.807) is 0 Å². The maximum Gasteiger partial charge on any atom is 0.373 e. The van der Waals surface area contributed by atoms with E-state index < -0.39 is 42.0 Å². The Hall–Kier alpha value is -2.53. The number of rotatable bonds is 4. The van der Waals surface area contributed by atoms with E-state index in [1.807, 2.05) is 0 Å². The molecule has 120 valence electrons. The fourth-order valence-electron chi connectivity index (χ4n) is 1.80. The summed E-state index contributed by atoms with van der Waals surface area (Å²) in [6.07, 6.45) is -4.19. The van der Waals surface area contributed by atoms with Crippen LogP contribution < -0.4 is 0 Å². The summed E-state index contributed by atoms with van der Waals surface area (Å²) >= 11 is 0. The van der Waals surface area contributed by atoms with Gasteiger partial charge in [-0.05, 0) is 0 Å². The summed E-state index contributed by atoms with van der Waals surface area (Å²) in [4.78, 5) is 65.4. The van der Waals surface area contributed by atoms with Crippen LogP contribution in [-0.4, -0.2) is 62.3 Å². The molecule has 0 aromatic rings. The smallest absolute Gasteiger partial charge is 0.372 e. The number of carbonyl (C=O) groups excluding carboxylic acids is 5. The van der Waals surface area contributed by atoms with E-state index >= 15 is 0 Å². The Morgan fingerprint density at radius 1 is 1.00 bits per heavy atom. The summed E-state index contributed by atoms with van der Waals surface area (Å²) in [6.45, 7) is 0. The van der Waals surface area contributed by atoms with Crippen LogP contribution in [-0.2, 0) is 33.6 Å². The first-order valence-corrected chi connectivity index (χ1v) is 6.29. The Balaban J connectivity index is 1.92. The highest BCUT2D eigenvalue weighted by molar-refractivity contribution is 6.03. The lowest BCUT2D eigenvalue weighted by molar-refractivity contribution is -0.231. The van der Waals surface area contributed by atoms with Crippen molar-refractivity contribution in [2.75, 3.05) is 0 Å². The minimum Gasteiger partial charge on any atom is -0.372 e. The van der Waals surface area contributed by atoms with Crippen LogP contribution in [0, 0.1) is 0 Å². The molecule has 0 spiro atoms. The van der Waals surface area contributed by atoms with Crippen molar-refractivity contribution >= 4 is 29.7 Å². The lowest BCUT2D eigenvalue weighted by Crippen LogP contribution is -2.44. The predicted molar refractivity (Wildman–Crippen MR) is 61.4 cm³/mol. The van der Waals surface area contributed by atoms with E-state index in [0.717, 1.165) is 0 Å². The average Bonchev–Trinajstić information content (AvgIpc) is 2.96. The molecule has 2 rings (SSSR count). The number of hydrogen-bond acceptors (Lipinski definition) is 9. The molecular formula is C11H12N2O9. The fourth-order valence-corrected chi connectivity index (χ4v) is 1.80. The summed E-state index contributed by atoms with van der Waals surface area (Å²) in [6, 6.07) is 0. The fraction of sp³-hybridized carbons (Fsp3) is 0.545. The number of hydroxylamine groups is 4. The molecule has 0 saturated carbocycles. The summed E-state index contributed by atoms with van der Waals surface area (Å²) in [7, 11) is 0. The van der Waals surface area contributed by atoms with Crippen molar-refractivity contribution in [3.05, 3.63) is 0 Å². The molecule has 0 bridgehead atoms. The van der Waals surface area contributed by atoms with Gasteiger partial charge in [0.25, 0.3) is 23.8 Å². The van der Waals surface area contributed by atoms with Crippen LogP contribution in [0.3, 0.4) is 0 Å². The largest absolute Gasteiger partial charge is 0.373 e. The number of hydrogen-bond donors (Lipinski definition) is 2. The van der Waals surface area contributed by atoms with Gasteiger partial charge in [0, 0.05) is 25.7 Å². The average molecular weight is 316 g/mol. The number of nitrogens with zero attached hydrogens (tertiary/aromatic N) is 2. The van der Waals surface area contributed by atoms with Crippen LogP contribution in [0.5, 0.6) is 0 Å². The molecule has 11 nitrogen and oxygen atoms in total. The molecule has 0 radical (unpaired) electrons. The Morgan fingerprint density at radius 3 is 2.05 bits per heavy atom. The summed E-state index contributed by atoms with van der Waals surface area (Å²) < 4.78 is 0. The zero-order valence-corrected chi connectivity index (χ0v) is 11.1. The maximum atomic E-state index is 11.5. The summed E-state index contributed by atoms with van der Waals surface area (Å²) in [5, 5.41) is 19.3. The number of aliphatic hydroxyl groups is 2. The third-order valence-electron chi connectivity index (χ3n) is 2.95. The van der Waals surface area contributed by atoms with Gasteiger partial charge in [0.05, 0.1) is 0 Å². The monoisotopic (exact) mass is 316 g/mol. The van der Waals surface area contributed by atoms with Gasteiger partial charge in [-0.25, -0.2) is 9.59 Å². The first kappa shape index (κ1) is 15.9. The van der Waals surface area contributed by atoms with Crippen molar-refractivity contribution in [1.82, 2.24) is 10.1 Å². The highest BCUT2D eigenvalue weighted by atomic mass is 16.8. The number of aliphatic hydroxyl groups excluding tert-OH is 2. The Kier molecular flexibility index (Phi) is 4.37. The van der Waals surface area contributed by atoms with E-state index in [0.29, 0.717) is 5.06 Å². The number of carbonyl (C=O) groups is 5. The highest BCUT2D eigenvalue weighted by Crippen LogP contribution is 2.17. The summed E-state index contributed by atoms with van der Waals surface area (Å²) in [5.41, 5.74) is 0. The van der Waals surface area contributed by atoms with Gasteiger partial charge in [0.1, 0.15) is 0 Å². The van der Waals surface area contributed by atoms with E-state index in [4.69, 9.17) is 0 Å². The molecule has 2 saturated heterocycles. The Labute approximate surface area is 122 Å². The lowest BCUT2D eigenvalue weighted by Gasteiger charge is -2.20. The second-order valence-electron chi connectivity index (χ2n) is 4.54. The van der Waals surface area contributed by atoms with Crippen molar-refractivity contribution in [1.29, 1.82) is 0 Å². The van der Waals surface area contributed by atoms with Gasteiger partial charge < -0.3 is 19.9 Å². The SMILES string of the molecule is O=C(ON1C(=O)CCC1=O)C(O)C(=O)ON1C(=O)CCC1O. The molecule has 0 aromatic carbocycles. The number of imide groups is 1. The summed E-state index contributed by atoms with van der Waals surface area (Å²) in [5.74, 6) is -5.48. The third kappa shape index (κ3) is 3.04. The van der Waals surface area contributed by atoms with Crippen LogP contribution in [0.1, 0.15) is 25.7 Å². The van der Waals surface area contributed by atoms with Crippen LogP contribution in [0.4, 0.5) is 0 Å². The van der Waals surface area contributed by atoms with Gasteiger partial charge >= 0.3 is 11.9 Å². The molecule has 2 heterocycles. The minimum absolute atomic E-state index is 0.0312. The maximum absolute atomic E-state index is 11.5. The topological polar surface area (TPSA) is 151 Å². The van der Waals surface area contributed by atoms with Crippen LogP contribution in [0.2, 0.25) is 0 Å². The Bertz CT molecular complexity index is 530. The quantitative estimate of drug-likeness (QED) is 0.418. The molecule has 3 amide bonds. The van der Waals surface area contributed by atoms with Gasteiger partial charge in [-0.2, -0.15) is 0 Å². The standard InChI is InChI=1S/C11H12N2O9/c14-5-1-2-6(15)12(5)21-10(19)9(18)11(20)22-13-7(16)3-4-8(13)17/h5,9,14,18H,1-4H2. The predicted octanol–water partition coefficient (Wildman–Crippen LogP) is -2.65. The molecule has 2 fully saturated rings. The van der Waals surface area contributed by atoms with Crippen molar-refractivity contribution in [2.45, 2.75) is 38.0 Å². The molecule has 0 aliphatic carbocycles. The second kappa shape index (κ2) is 6.07. The van der Waals surface area contributed by atoms with Crippen molar-refractivity contribution in [3.8, 4) is 0 Å². The van der Waals surface area contributed by atoms with Crippen LogP contribution in [0.25, 0.3) is 0 Å². The van der Waals surface area contributed by atoms with Gasteiger partial charge in [0.2, 0.25) is 0 Å². The van der Waals surface area contributed by atoms with Gasteiger partial charge in [0.15, 0.2) is 6.23 Å². The van der Waals surface area contributed by atoms with Crippen molar-refractivity contribution in [2.24, 2.45) is 0 Å². The first-order chi connectivity index (χ1) is 10.3. The normalized spacial score (nSPS) is 23.0. The van der Waals surface area contributed by atoms with Crippen molar-refractivity contribution in [3.63, 3.8) is 0 Å². The zero-order chi connectivity index (χ0) is 16.4. The Morgan fingerprint density at radius 2 is 1.55 bits per heavy atom. The first-order valence-electron chi connectivity index (χ1n) is 6.29. The molecule has 2 aliphatic heterocycles.